The van der Waals surface area contributed by atoms with Crippen LogP contribution in [0.2, 0.25) is 0 Å². The summed E-state index contributed by atoms with van der Waals surface area (Å²) in [5, 5.41) is 17.8. The fourth-order valence-electron chi connectivity index (χ4n) is 1.95. The van der Waals surface area contributed by atoms with Crippen molar-refractivity contribution in [3.05, 3.63) is 0 Å². The monoisotopic (exact) mass is 218 g/mol. The number of aliphatic carboxylic acids is 1. The lowest BCUT2D eigenvalue weighted by molar-refractivity contribution is -0.175. The van der Waals surface area contributed by atoms with Gasteiger partial charge in [0.1, 0.15) is 0 Å². The number of carbonyl (C=O) groups is 1. The minimum Gasteiger partial charge on any atom is -0.479 e. The summed E-state index contributed by atoms with van der Waals surface area (Å²) in [4.78, 5) is 11.1. The van der Waals surface area contributed by atoms with E-state index in [-0.39, 0.29) is 19.3 Å². The van der Waals surface area contributed by atoms with Gasteiger partial charge in [-0.25, -0.2) is 4.79 Å². The molecule has 0 aromatic carbocycles. The number of hydrogen-bond donors (Lipinski definition) is 2. The van der Waals surface area contributed by atoms with E-state index < -0.39 is 11.6 Å². The zero-order valence-corrected chi connectivity index (χ0v) is 8.94. The van der Waals surface area contributed by atoms with Crippen molar-refractivity contribution in [2.45, 2.75) is 37.4 Å². The van der Waals surface area contributed by atoms with Gasteiger partial charge in [-0.05, 0) is 25.7 Å². The van der Waals surface area contributed by atoms with Gasteiger partial charge in [-0.2, -0.15) is 0 Å². The van der Waals surface area contributed by atoms with Crippen LogP contribution in [0.4, 0.5) is 0 Å². The van der Waals surface area contributed by atoms with Crippen LogP contribution in [-0.4, -0.2) is 48.2 Å². The molecule has 1 saturated carbocycles. The normalized spacial score (nSPS) is 31.5. The van der Waals surface area contributed by atoms with E-state index in [1.54, 1.807) is 7.11 Å². The van der Waals surface area contributed by atoms with Gasteiger partial charge < -0.3 is 19.7 Å². The maximum atomic E-state index is 11.1. The van der Waals surface area contributed by atoms with Crippen molar-refractivity contribution in [2.24, 2.45) is 0 Å². The second-order valence-corrected chi connectivity index (χ2v) is 3.81. The first kappa shape index (κ1) is 12.4. The molecule has 1 rings (SSSR count). The van der Waals surface area contributed by atoms with Crippen LogP contribution in [0.15, 0.2) is 0 Å². The van der Waals surface area contributed by atoms with Gasteiger partial charge in [-0.1, -0.05) is 0 Å². The Balaban J connectivity index is 2.56. The minimum absolute atomic E-state index is 0.0734. The van der Waals surface area contributed by atoms with E-state index in [4.69, 9.17) is 19.7 Å². The van der Waals surface area contributed by atoms with Crippen LogP contribution in [-0.2, 0) is 14.3 Å². The second kappa shape index (κ2) is 5.44. The summed E-state index contributed by atoms with van der Waals surface area (Å²) in [7, 11) is 1.63. The standard InChI is InChI=1S/C10H18O5/c1-14-8-2-4-10(5-3-8,9(12)13)15-7-6-11/h8,11H,2-7H2,1H3,(H,12,13). The Labute approximate surface area is 89.0 Å². The van der Waals surface area contributed by atoms with Gasteiger partial charge in [0.2, 0.25) is 0 Å². The van der Waals surface area contributed by atoms with Crippen molar-refractivity contribution in [1.82, 2.24) is 0 Å². The number of ether oxygens (including phenoxy) is 2. The highest BCUT2D eigenvalue weighted by atomic mass is 16.5. The molecule has 0 atom stereocenters. The van der Waals surface area contributed by atoms with Gasteiger partial charge in [0.15, 0.2) is 5.60 Å². The molecule has 15 heavy (non-hydrogen) atoms. The molecule has 0 saturated heterocycles. The highest BCUT2D eigenvalue weighted by Gasteiger charge is 2.43. The first-order valence-corrected chi connectivity index (χ1v) is 5.15. The molecule has 0 bridgehead atoms. The van der Waals surface area contributed by atoms with Crippen LogP contribution in [0, 0.1) is 0 Å². The van der Waals surface area contributed by atoms with Crippen molar-refractivity contribution in [3.8, 4) is 0 Å². The second-order valence-electron chi connectivity index (χ2n) is 3.81. The molecule has 5 heteroatoms. The van der Waals surface area contributed by atoms with Crippen molar-refractivity contribution < 1.29 is 24.5 Å². The summed E-state index contributed by atoms with van der Waals surface area (Å²) in [5.74, 6) is -0.939. The molecule has 88 valence electrons. The van der Waals surface area contributed by atoms with E-state index in [0.29, 0.717) is 25.7 Å². The molecule has 1 fully saturated rings. The van der Waals surface area contributed by atoms with E-state index in [1.165, 1.54) is 0 Å². The van der Waals surface area contributed by atoms with Crippen LogP contribution < -0.4 is 0 Å². The first-order valence-electron chi connectivity index (χ1n) is 5.15. The van der Waals surface area contributed by atoms with E-state index >= 15 is 0 Å². The predicted molar refractivity (Wildman–Crippen MR) is 52.7 cm³/mol. The molecule has 5 nitrogen and oxygen atoms in total. The van der Waals surface area contributed by atoms with Crippen LogP contribution in [0.3, 0.4) is 0 Å². The van der Waals surface area contributed by atoms with Gasteiger partial charge in [0.05, 0.1) is 19.3 Å². The number of aliphatic hydroxyl groups is 1. The van der Waals surface area contributed by atoms with Crippen LogP contribution >= 0.6 is 0 Å². The van der Waals surface area contributed by atoms with Gasteiger partial charge in [0.25, 0.3) is 0 Å². The summed E-state index contributed by atoms with van der Waals surface area (Å²) in [6, 6.07) is 0. The summed E-state index contributed by atoms with van der Waals surface area (Å²) in [6.45, 7) is -0.0767. The molecular formula is C10H18O5. The Hall–Kier alpha value is -0.650. The quantitative estimate of drug-likeness (QED) is 0.699. The highest BCUT2D eigenvalue weighted by molar-refractivity contribution is 5.77. The van der Waals surface area contributed by atoms with Gasteiger partial charge >= 0.3 is 5.97 Å². The van der Waals surface area contributed by atoms with Gasteiger partial charge in [-0.15, -0.1) is 0 Å². The molecule has 0 aliphatic heterocycles. The Morgan fingerprint density at radius 2 is 2.07 bits per heavy atom. The summed E-state index contributed by atoms with van der Waals surface area (Å²) >= 11 is 0. The minimum atomic E-state index is -1.11. The molecule has 0 unspecified atom stereocenters. The van der Waals surface area contributed by atoms with Crippen LogP contribution in [0.1, 0.15) is 25.7 Å². The smallest absolute Gasteiger partial charge is 0.335 e. The van der Waals surface area contributed by atoms with E-state index in [2.05, 4.69) is 0 Å². The fraction of sp³-hybridized carbons (Fsp3) is 0.900. The fourth-order valence-corrected chi connectivity index (χ4v) is 1.95. The third-order valence-corrected chi connectivity index (χ3v) is 2.93. The molecule has 1 aliphatic carbocycles. The molecule has 0 radical (unpaired) electrons. The first-order chi connectivity index (χ1) is 7.14. The number of methoxy groups -OCH3 is 1. The summed E-state index contributed by atoms with van der Waals surface area (Å²) < 4.78 is 10.4. The zero-order chi connectivity index (χ0) is 11.3. The third kappa shape index (κ3) is 2.90. The van der Waals surface area contributed by atoms with Crippen molar-refractivity contribution in [3.63, 3.8) is 0 Å². The molecule has 0 amide bonds. The number of carboxylic acids is 1. The lowest BCUT2D eigenvalue weighted by Crippen LogP contribution is -2.46. The molecule has 0 aromatic rings. The van der Waals surface area contributed by atoms with Crippen LogP contribution in [0.25, 0.3) is 0 Å². The van der Waals surface area contributed by atoms with Crippen molar-refractivity contribution in [1.29, 1.82) is 0 Å². The Morgan fingerprint density at radius 3 is 2.47 bits per heavy atom. The average Bonchev–Trinajstić information content (AvgIpc) is 2.27. The molecule has 0 aromatic heterocycles. The topological polar surface area (TPSA) is 76.0 Å². The maximum Gasteiger partial charge on any atom is 0.335 e. The summed E-state index contributed by atoms with van der Waals surface area (Å²) in [5.41, 5.74) is -1.11. The van der Waals surface area contributed by atoms with E-state index in [1.807, 2.05) is 0 Å². The Bertz CT molecular complexity index is 208. The van der Waals surface area contributed by atoms with Gasteiger partial charge in [-0.3, -0.25) is 0 Å². The average molecular weight is 218 g/mol. The van der Waals surface area contributed by atoms with E-state index in [9.17, 15) is 4.79 Å². The third-order valence-electron chi connectivity index (χ3n) is 2.93. The number of carboxylic acid groups (broad SMARTS) is 1. The SMILES string of the molecule is COC1CCC(OCCO)(C(=O)O)CC1. The number of rotatable bonds is 5. The Kier molecular flexibility index (Phi) is 4.50. The summed E-state index contributed by atoms with van der Waals surface area (Å²) in [6.07, 6.45) is 2.40. The highest BCUT2D eigenvalue weighted by Crippen LogP contribution is 2.33. The van der Waals surface area contributed by atoms with Crippen molar-refractivity contribution >= 4 is 5.97 Å². The molecule has 2 N–H and O–H groups in total. The largest absolute Gasteiger partial charge is 0.479 e. The maximum absolute atomic E-state index is 11.1. The van der Waals surface area contributed by atoms with Gasteiger partial charge in [0, 0.05) is 7.11 Å². The molecule has 0 spiro atoms. The zero-order valence-electron chi connectivity index (χ0n) is 8.94. The van der Waals surface area contributed by atoms with Crippen LogP contribution in [0.5, 0.6) is 0 Å². The lowest BCUT2D eigenvalue weighted by Gasteiger charge is -2.35. The van der Waals surface area contributed by atoms with E-state index in [0.717, 1.165) is 0 Å². The van der Waals surface area contributed by atoms with Crippen molar-refractivity contribution in [2.75, 3.05) is 20.3 Å². The molecule has 0 heterocycles. The lowest BCUT2D eigenvalue weighted by atomic mass is 9.83. The number of hydrogen-bond acceptors (Lipinski definition) is 4. The predicted octanol–water partition coefficient (Wildman–Crippen LogP) is 0.408. The molecule has 1 aliphatic rings. The molecular weight excluding hydrogens is 200 g/mol. The Morgan fingerprint density at radius 1 is 1.47 bits per heavy atom. The number of aliphatic hydroxyl groups excluding tert-OH is 1.